The van der Waals surface area contributed by atoms with E-state index in [1.54, 1.807) is 29.5 Å². The molecule has 0 spiro atoms. The number of hydrogen-bond acceptors (Lipinski definition) is 4. The van der Waals surface area contributed by atoms with Gasteiger partial charge in [0.1, 0.15) is 0 Å². The number of nitrogens with one attached hydrogen (secondary N) is 1. The van der Waals surface area contributed by atoms with Crippen molar-refractivity contribution in [2.24, 2.45) is 5.73 Å². The summed E-state index contributed by atoms with van der Waals surface area (Å²) >= 11 is 7.89. The number of nitrogens with zero attached hydrogens (tertiary/aromatic N) is 1. The molecule has 0 radical (unpaired) electrons. The normalized spacial score (nSPS) is 14.7. The molecule has 0 saturated carbocycles. The van der Waals surface area contributed by atoms with Gasteiger partial charge in [-0.05, 0) is 59.3 Å². The Kier molecular flexibility index (Phi) is 6.18. The lowest BCUT2D eigenvalue weighted by Crippen LogP contribution is -2.40. The van der Waals surface area contributed by atoms with Crippen LogP contribution in [0.3, 0.4) is 0 Å². The zero-order chi connectivity index (χ0) is 21.1. The minimum absolute atomic E-state index is 0.0126. The third-order valence-electron chi connectivity index (χ3n) is 5.40. The molecule has 2 heterocycles. The summed E-state index contributed by atoms with van der Waals surface area (Å²) in [6.07, 6.45) is 1.01. The molecule has 154 valence electrons. The Bertz CT molecular complexity index is 1060. The van der Waals surface area contributed by atoms with Crippen molar-refractivity contribution in [2.75, 3.05) is 13.1 Å². The largest absolute Gasteiger partial charge is 0.366 e. The molecular weight excluding hydrogens is 418 g/mol. The molecule has 0 bridgehead atoms. The summed E-state index contributed by atoms with van der Waals surface area (Å²) in [7, 11) is 0. The number of fused-ring (bicyclic) bond motifs is 1. The first-order valence-electron chi connectivity index (χ1n) is 9.74. The number of benzene rings is 2. The molecule has 1 unspecified atom stereocenters. The fourth-order valence-electron chi connectivity index (χ4n) is 3.78. The first-order chi connectivity index (χ1) is 14.5. The third-order valence-corrected chi connectivity index (χ3v) is 6.67. The fourth-order valence-corrected chi connectivity index (χ4v) is 4.80. The van der Waals surface area contributed by atoms with Gasteiger partial charge in [0.25, 0.3) is 5.91 Å². The van der Waals surface area contributed by atoms with Gasteiger partial charge in [-0.3, -0.25) is 14.5 Å². The highest BCUT2D eigenvalue weighted by atomic mass is 35.5. The predicted molar refractivity (Wildman–Crippen MR) is 120 cm³/mol. The summed E-state index contributed by atoms with van der Waals surface area (Å²) in [5.41, 5.74) is 8.52. The number of thiophene rings is 1. The minimum atomic E-state index is -0.552. The van der Waals surface area contributed by atoms with Crippen LogP contribution >= 0.6 is 22.9 Å². The van der Waals surface area contributed by atoms with Gasteiger partial charge in [-0.2, -0.15) is 0 Å². The van der Waals surface area contributed by atoms with Crippen molar-refractivity contribution in [2.45, 2.75) is 19.0 Å². The quantitative estimate of drug-likeness (QED) is 0.608. The van der Waals surface area contributed by atoms with E-state index in [0.717, 1.165) is 25.1 Å². The van der Waals surface area contributed by atoms with E-state index in [9.17, 15) is 9.59 Å². The second kappa shape index (κ2) is 9.00. The third kappa shape index (κ3) is 4.56. The van der Waals surface area contributed by atoms with E-state index in [1.165, 1.54) is 16.5 Å². The van der Waals surface area contributed by atoms with E-state index < -0.39 is 5.91 Å². The van der Waals surface area contributed by atoms with E-state index in [4.69, 9.17) is 17.3 Å². The van der Waals surface area contributed by atoms with Crippen LogP contribution in [0.15, 0.2) is 60.0 Å². The second-order valence-corrected chi connectivity index (χ2v) is 8.75. The maximum Gasteiger partial charge on any atom is 0.251 e. The first-order valence-corrected chi connectivity index (χ1v) is 11.0. The Hall–Kier alpha value is -2.67. The second-order valence-electron chi connectivity index (χ2n) is 7.31. The number of rotatable bonds is 6. The maximum atomic E-state index is 12.7. The number of hydrogen-bond donors (Lipinski definition) is 2. The zero-order valence-electron chi connectivity index (χ0n) is 16.3. The first kappa shape index (κ1) is 20.6. The van der Waals surface area contributed by atoms with Crippen LogP contribution in [-0.4, -0.2) is 29.8 Å². The van der Waals surface area contributed by atoms with Crippen LogP contribution in [0.5, 0.6) is 0 Å². The van der Waals surface area contributed by atoms with Crippen LogP contribution in [0.2, 0.25) is 5.02 Å². The standard InChI is InChI=1S/C23H22ClN3O2S/c24-19-6-4-15(5-7-19)20(27-10-8-21-18(14-27)9-11-30-21)13-26-23(29)17-3-1-2-16(12-17)22(25)28/h1-7,9,11-12,20H,8,10,13-14H2,(H2,25,28)(H,26,29). The van der Waals surface area contributed by atoms with Gasteiger partial charge in [-0.1, -0.05) is 29.8 Å². The summed E-state index contributed by atoms with van der Waals surface area (Å²) in [6, 6.07) is 16.4. The molecule has 0 saturated heterocycles. The summed E-state index contributed by atoms with van der Waals surface area (Å²) in [5.74, 6) is -0.783. The van der Waals surface area contributed by atoms with Crippen molar-refractivity contribution < 1.29 is 9.59 Å². The Morgan fingerprint density at radius 1 is 1.13 bits per heavy atom. The van der Waals surface area contributed by atoms with Gasteiger partial charge in [-0.15, -0.1) is 11.3 Å². The van der Waals surface area contributed by atoms with E-state index in [0.29, 0.717) is 22.7 Å². The number of amides is 2. The molecule has 1 aliphatic heterocycles. The smallest absolute Gasteiger partial charge is 0.251 e. The SMILES string of the molecule is NC(=O)c1cccc(C(=O)NCC(c2ccc(Cl)cc2)N2CCc3sccc3C2)c1. The molecule has 2 amide bonds. The topological polar surface area (TPSA) is 75.4 Å². The maximum absolute atomic E-state index is 12.7. The lowest BCUT2D eigenvalue weighted by Gasteiger charge is -2.35. The van der Waals surface area contributed by atoms with Gasteiger partial charge in [0.2, 0.25) is 5.91 Å². The van der Waals surface area contributed by atoms with Crippen molar-refractivity contribution in [3.8, 4) is 0 Å². The number of primary amides is 1. The Morgan fingerprint density at radius 3 is 2.67 bits per heavy atom. The molecule has 1 aliphatic rings. The molecule has 3 N–H and O–H groups in total. The molecule has 0 aliphatic carbocycles. The molecule has 0 fully saturated rings. The van der Waals surface area contributed by atoms with Crippen LogP contribution in [0, 0.1) is 0 Å². The average Bonchev–Trinajstić information content (AvgIpc) is 3.23. The van der Waals surface area contributed by atoms with Gasteiger partial charge in [0, 0.05) is 40.7 Å². The van der Waals surface area contributed by atoms with E-state index in [1.807, 2.05) is 24.3 Å². The van der Waals surface area contributed by atoms with Crippen LogP contribution in [0.1, 0.15) is 42.8 Å². The predicted octanol–water partition coefficient (Wildman–Crippen LogP) is 4.03. The zero-order valence-corrected chi connectivity index (χ0v) is 17.9. The van der Waals surface area contributed by atoms with Gasteiger partial charge in [-0.25, -0.2) is 0 Å². The Balaban J connectivity index is 1.53. The lowest BCUT2D eigenvalue weighted by molar-refractivity contribution is 0.0928. The van der Waals surface area contributed by atoms with Crippen LogP contribution < -0.4 is 11.1 Å². The molecule has 1 atom stereocenters. The van der Waals surface area contributed by atoms with Crippen molar-refractivity contribution in [3.05, 3.63) is 92.1 Å². The van der Waals surface area contributed by atoms with Crippen LogP contribution in [-0.2, 0) is 13.0 Å². The number of carbonyl (C=O) groups excluding carboxylic acids is 2. The van der Waals surface area contributed by atoms with Crippen molar-refractivity contribution >= 4 is 34.8 Å². The summed E-state index contributed by atoms with van der Waals surface area (Å²) in [6.45, 7) is 2.22. The summed E-state index contributed by atoms with van der Waals surface area (Å²) in [5, 5.41) is 5.85. The van der Waals surface area contributed by atoms with Gasteiger partial charge in [0.05, 0.1) is 6.04 Å². The van der Waals surface area contributed by atoms with Gasteiger partial charge in [0.15, 0.2) is 0 Å². The number of nitrogens with two attached hydrogens (primary N) is 1. The van der Waals surface area contributed by atoms with E-state index >= 15 is 0 Å². The molecule has 5 nitrogen and oxygen atoms in total. The Labute approximate surface area is 184 Å². The average molecular weight is 440 g/mol. The number of carbonyl (C=O) groups is 2. The monoisotopic (exact) mass is 439 g/mol. The van der Waals surface area contributed by atoms with Gasteiger partial charge >= 0.3 is 0 Å². The number of halogens is 1. The van der Waals surface area contributed by atoms with Crippen LogP contribution in [0.4, 0.5) is 0 Å². The van der Waals surface area contributed by atoms with Crippen molar-refractivity contribution in [1.29, 1.82) is 0 Å². The molecule has 4 rings (SSSR count). The highest BCUT2D eigenvalue weighted by molar-refractivity contribution is 7.10. The highest BCUT2D eigenvalue weighted by Gasteiger charge is 2.26. The lowest BCUT2D eigenvalue weighted by atomic mass is 10.0. The minimum Gasteiger partial charge on any atom is -0.366 e. The highest BCUT2D eigenvalue weighted by Crippen LogP contribution is 2.30. The molecule has 1 aromatic heterocycles. The summed E-state index contributed by atoms with van der Waals surface area (Å²) < 4.78 is 0. The molecule has 2 aromatic carbocycles. The van der Waals surface area contributed by atoms with E-state index in [2.05, 4.69) is 21.7 Å². The molecule has 7 heteroatoms. The van der Waals surface area contributed by atoms with Crippen LogP contribution in [0.25, 0.3) is 0 Å². The van der Waals surface area contributed by atoms with Crippen molar-refractivity contribution in [1.82, 2.24) is 10.2 Å². The summed E-state index contributed by atoms with van der Waals surface area (Å²) in [4.78, 5) is 28.0. The molecule has 30 heavy (non-hydrogen) atoms. The molecule has 3 aromatic rings. The van der Waals surface area contributed by atoms with Crippen molar-refractivity contribution in [3.63, 3.8) is 0 Å². The molecular formula is C23H22ClN3O2S. The van der Waals surface area contributed by atoms with Gasteiger partial charge < -0.3 is 11.1 Å². The van der Waals surface area contributed by atoms with E-state index in [-0.39, 0.29) is 11.9 Å². The fraction of sp³-hybridized carbons (Fsp3) is 0.217. The Morgan fingerprint density at radius 2 is 1.90 bits per heavy atom.